The Balaban J connectivity index is 1.66. The number of hydrogen-bond donors (Lipinski definition) is 0. The van der Waals surface area contributed by atoms with Gasteiger partial charge < -0.3 is 9.47 Å². The molecule has 0 saturated carbocycles. The largest absolute Gasteiger partial charge is 0.337 e. The quantitative estimate of drug-likeness (QED) is 0.857. The topological polar surface area (TPSA) is 56.0 Å². The van der Waals surface area contributed by atoms with Crippen LogP contribution >= 0.6 is 0 Å². The number of carbonyl (C=O) groups is 1. The van der Waals surface area contributed by atoms with Crippen LogP contribution < -0.4 is 0 Å². The van der Waals surface area contributed by atoms with Gasteiger partial charge in [0.25, 0.3) is 5.91 Å². The van der Waals surface area contributed by atoms with Crippen molar-refractivity contribution in [2.75, 3.05) is 13.1 Å². The standard InChI is InChI=1S/C15H21N5O/c1-11-8-16-12(2)20(11)10-13-5-7-19(9-13)15(21)14-4-6-17-18(14)3/h4,6,8,13H,5,7,9-10H2,1-3H3. The highest BCUT2D eigenvalue weighted by molar-refractivity contribution is 5.92. The van der Waals surface area contributed by atoms with Crippen LogP contribution in [0.5, 0.6) is 0 Å². The van der Waals surface area contributed by atoms with Crippen LogP contribution in [-0.4, -0.2) is 43.2 Å². The summed E-state index contributed by atoms with van der Waals surface area (Å²) in [6, 6.07) is 1.78. The molecular weight excluding hydrogens is 266 g/mol. The molecule has 6 heteroatoms. The second-order valence-electron chi connectivity index (χ2n) is 5.80. The summed E-state index contributed by atoms with van der Waals surface area (Å²) in [5, 5.41) is 4.07. The van der Waals surface area contributed by atoms with E-state index in [2.05, 4.69) is 21.6 Å². The maximum atomic E-state index is 12.5. The molecule has 1 saturated heterocycles. The summed E-state index contributed by atoms with van der Waals surface area (Å²) in [5.41, 5.74) is 1.84. The van der Waals surface area contributed by atoms with Gasteiger partial charge in [-0.2, -0.15) is 5.10 Å². The molecule has 2 aromatic heterocycles. The second-order valence-corrected chi connectivity index (χ2v) is 5.80. The Kier molecular flexibility index (Phi) is 3.53. The van der Waals surface area contributed by atoms with Crippen molar-refractivity contribution in [3.05, 3.63) is 35.7 Å². The summed E-state index contributed by atoms with van der Waals surface area (Å²) in [6.45, 7) is 6.67. The predicted molar refractivity (Wildman–Crippen MR) is 78.9 cm³/mol. The molecule has 0 N–H and O–H groups in total. The van der Waals surface area contributed by atoms with Gasteiger partial charge in [0, 0.05) is 44.8 Å². The van der Waals surface area contributed by atoms with Crippen LogP contribution in [0.15, 0.2) is 18.5 Å². The zero-order valence-corrected chi connectivity index (χ0v) is 12.8. The van der Waals surface area contributed by atoms with Gasteiger partial charge in [-0.25, -0.2) is 4.98 Å². The number of nitrogens with zero attached hydrogens (tertiary/aromatic N) is 5. The minimum Gasteiger partial charge on any atom is -0.337 e. The van der Waals surface area contributed by atoms with E-state index in [1.807, 2.05) is 18.0 Å². The third-order valence-corrected chi connectivity index (χ3v) is 4.31. The van der Waals surface area contributed by atoms with Gasteiger partial charge in [0.1, 0.15) is 11.5 Å². The normalized spacial score (nSPS) is 18.4. The fourth-order valence-electron chi connectivity index (χ4n) is 3.03. The number of hydrogen-bond acceptors (Lipinski definition) is 3. The van der Waals surface area contributed by atoms with E-state index in [4.69, 9.17) is 0 Å². The van der Waals surface area contributed by atoms with Gasteiger partial charge in [0.15, 0.2) is 0 Å². The van der Waals surface area contributed by atoms with Crippen molar-refractivity contribution in [2.24, 2.45) is 13.0 Å². The Bertz CT molecular complexity index is 637. The SMILES string of the molecule is Cc1cnc(C)n1CC1CCN(C(=O)c2ccnn2C)C1. The summed E-state index contributed by atoms with van der Waals surface area (Å²) in [5.74, 6) is 1.62. The van der Waals surface area contributed by atoms with Crippen LogP contribution in [0.3, 0.4) is 0 Å². The lowest BCUT2D eigenvalue weighted by molar-refractivity contribution is 0.0775. The highest BCUT2D eigenvalue weighted by Crippen LogP contribution is 2.21. The van der Waals surface area contributed by atoms with E-state index < -0.39 is 0 Å². The van der Waals surface area contributed by atoms with Gasteiger partial charge >= 0.3 is 0 Å². The predicted octanol–water partition coefficient (Wildman–Crippen LogP) is 1.40. The number of amides is 1. The van der Waals surface area contributed by atoms with Crippen molar-refractivity contribution >= 4 is 5.91 Å². The lowest BCUT2D eigenvalue weighted by Gasteiger charge is -2.17. The van der Waals surface area contributed by atoms with Gasteiger partial charge in [0.2, 0.25) is 0 Å². The van der Waals surface area contributed by atoms with Gasteiger partial charge in [-0.05, 0) is 32.3 Å². The Morgan fingerprint density at radius 2 is 2.24 bits per heavy atom. The van der Waals surface area contributed by atoms with Crippen molar-refractivity contribution in [1.29, 1.82) is 0 Å². The first-order valence-corrected chi connectivity index (χ1v) is 7.32. The molecule has 1 aliphatic rings. The third-order valence-electron chi connectivity index (χ3n) is 4.31. The molecule has 6 nitrogen and oxygen atoms in total. The van der Waals surface area contributed by atoms with E-state index in [9.17, 15) is 4.79 Å². The summed E-state index contributed by atoms with van der Waals surface area (Å²) >= 11 is 0. The fourth-order valence-corrected chi connectivity index (χ4v) is 3.03. The molecule has 0 radical (unpaired) electrons. The molecule has 0 spiro atoms. The van der Waals surface area contributed by atoms with Crippen molar-refractivity contribution in [1.82, 2.24) is 24.2 Å². The number of rotatable bonds is 3. The first kappa shape index (κ1) is 13.9. The zero-order chi connectivity index (χ0) is 15.0. The van der Waals surface area contributed by atoms with Crippen molar-refractivity contribution in [2.45, 2.75) is 26.8 Å². The van der Waals surface area contributed by atoms with Crippen molar-refractivity contribution in [3.8, 4) is 0 Å². The Morgan fingerprint density at radius 1 is 1.43 bits per heavy atom. The zero-order valence-electron chi connectivity index (χ0n) is 12.8. The van der Waals surface area contributed by atoms with Gasteiger partial charge in [-0.3, -0.25) is 9.48 Å². The number of aryl methyl sites for hydroxylation is 3. The van der Waals surface area contributed by atoms with Crippen LogP contribution in [0, 0.1) is 19.8 Å². The molecule has 112 valence electrons. The molecule has 21 heavy (non-hydrogen) atoms. The minimum absolute atomic E-state index is 0.0802. The van der Waals surface area contributed by atoms with Crippen LogP contribution in [0.25, 0.3) is 0 Å². The first-order chi connectivity index (χ1) is 10.1. The van der Waals surface area contributed by atoms with E-state index in [1.54, 1.807) is 24.0 Å². The van der Waals surface area contributed by atoms with Crippen LogP contribution in [-0.2, 0) is 13.6 Å². The molecule has 3 rings (SSSR count). The molecule has 1 amide bonds. The average molecular weight is 287 g/mol. The van der Waals surface area contributed by atoms with Crippen molar-refractivity contribution in [3.63, 3.8) is 0 Å². The summed E-state index contributed by atoms with van der Waals surface area (Å²) in [6.07, 6.45) is 4.61. The highest BCUT2D eigenvalue weighted by atomic mass is 16.2. The molecule has 1 aliphatic heterocycles. The number of imidazole rings is 1. The highest BCUT2D eigenvalue weighted by Gasteiger charge is 2.28. The second kappa shape index (κ2) is 5.35. The van der Waals surface area contributed by atoms with Crippen LogP contribution in [0.4, 0.5) is 0 Å². The van der Waals surface area contributed by atoms with E-state index in [0.717, 1.165) is 31.9 Å². The van der Waals surface area contributed by atoms with Gasteiger partial charge in [-0.1, -0.05) is 0 Å². The molecule has 0 aromatic carbocycles. The Labute approximate surface area is 124 Å². The van der Waals surface area contributed by atoms with Gasteiger partial charge in [-0.15, -0.1) is 0 Å². The molecule has 0 aliphatic carbocycles. The Morgan fingerprint density at radius 3 is 2.86 bits per heavy atom. The monoisotopic (exact) mass is 287 g/mol. The molecule has 1 atom stereocenters. The lowest BCUT2D eigenvalue weighted by atomic mass is 10.1. The van der Waals surface area contributed by atoms with Crippen molar-refractivity contribution < 1.29 is 4.79 Å². The number of aromatic nitrogens is 4. The van der Waals surface area contributed by atoms with E-state index in [-0.39, 0.29) is 5.91 Å². The number of likely N-dealkylation sites (tertiary alicyclic amines) is 1. The third kappa shape index (κ3) is 2.57. The molecule has 3 heterocycles. The smallest absolute Gasteiger partial charge is 0.272 e. The maximum Gasteiger partial charge on any atom is 0.272 e. The molecular formula is C15H21N5O. The first-order valence-electron chi connectivity index (χ1n) is 7.32. The number of carbonyl (C=O) groups excluding carboxylic acids is 1. The fraction of sp³-hybridized carbons (Fsp3) is 0.533. The average Bonchev–Trinajstić information content (AvgIpc) is 3.15. The summed E-state index contributed by atoms with van der Waals surface area (Å²) in [4.78, 5) is 18.7. The van der Waals surface area contributed by atoms with E-state index in [1.165, 1.54) is 5.69 Å². The van der Waals surface area contributed by atoms with Crippen LogP contribution in [0.1, 0.15) is 28.4 Å². The molecule has 2 aromatic rings. The molecule has 1 fully saturated rings. The summed E-state index contributed by atoms with van der Waals surface area (Å²) < 4.78 is 3.88. The van der Waals surface area contributed by atoms with Gasteiger partial charge in [0.05, 0.1) is 0 Å². The molecule has 0 bridgehead atoms. The Hall–Kier alpha value is -2.11. The minimum atomic E-state index is 0.0802. The van der Waals surface area contributed by atoms with E-state index in [0.29, 0.717) is 11.6 Å². The van der Waals surface area contributed by atoms with E-state index >= 15 is 0 Å². The maximum absolute atomic E-state index is 12.5. The molecule has 1 unspecified atom stereocenters. The van der Waals surface area contributed by atoms with Crippen LogP contribution in [0.2, 0.25) is 0 Å². The summed E-state index contributed by atoms with van der Waals surface area (Å²) in [7, 11) is 1.80. The lowest BCUT2D eigenvalue weighted by Crippen LogP contribution is -2.30.